The van der Waals surface area contributed by atoms with Crippen LogP contribution in [0.4, 0.5) is 4.79 Å². The van der Waals surface area contributed by atoms with Gasteiger partial charge in [0.05, 0.1) is 18.2 Å². The van der Waals surface area contributed by atoms with E-state index in [4.69, 9.17) is 4.74 Å². The fourth-order valence-corrected chi connectivity index (χ4v) is 3.59. The van der Waals surface area contributed by atoms with Crippen LogP contribution in [-0.2, 0) is 9.53 Å². The van der Waals surface area contributed by atoms with Crippen LogP contribution in [0.5, 0.6) is 0 Å². The lowest BCUT2D eigenvalue weighted by molar-refractivity contribution is -0.139. The molecule has 6 heteroatoms. The molecule has 2 atom stereocenters. The molecule has 0 radical (unpaired) electrons. The minimum atomic E-state index is -0.392. The Hall–Kier alpha value is -2.86. The van der Waals surface area contributed by atoms with Crippen molar-refractivity contribution < 1.29 is 14.3 Å². The summed E-state index contributed by atoms with van der Waals surface area (Å²) in [5.74, 6) is -0.392. The Kier molecular flexibility index (Phi) is 6.31. The summed E-state index contributed by atoms with van der Waals surface area (Å²) in [5.41, 5.74) is 2.23. The number of hydrogen-bond donors (Lipinski definition) is 3. The van der Waals surface area contributed by atoms with Crippen molar-refractivity contribution in [1.82, 2.24) is 16.0 Å². The first kappa shape index (κ1) is 19.9. The third-order valence-corrected chi connectivity index (χ3v) is 5.02. The smallest absolute Gasteiger partial charge is 0.337 e. The standard InChI is InChI=1S/C22H27N3O3/c1-4-18-20(21(26)28-5-2)19(25-22(27)24-18)13-23-14(3)16-12-8-10-15-9-6-7-11-17(15)16/h6-12,14,18,23H,4-5,13H2,1-3H3,(H2,24,25,27)/t14-,18-/m0/s1. The second-order valence-electron chi connectivity index (χ2n) is 6.84. The summed E-state index contributed by atoms with van der Waals surface area (Å²) in [6.45, 7) is 6.43. The van der Waals surface area contributed by atoms with Gasteiger partial charge in [0.2, 0.25) is 0 Å². The molecule has 1 aliphatic rings. The number of esters is 1. The summed E-state index contributed by atoms with van der Waals surface area (Å²) in [7, 11) is 0. The number of nitrogens with one attached hydrogen (secondary N) is 3. The summed E-state index contributed by atoms with van der Waals surface area (Å²) in [6.07, 6.45) is 0.615. The van der Waals surface area contributed by atoms with Gasteiger partial charge >= 0.3 is 12.0 Å². The van der Waals surface area contributed by atoms with Gasteiger partial charge in [-0.2, -0.15) is 0 Å². The van der Waals surface area contributed by atoms with Crippen molar-refractivity contribution in [2.45, 2.75) is 39.3 Å². The fourth-order valence-electron chi connectivity index (χ4n) is 3.59. The Bertz CT molecular complexity index is 902. The zero-order valence-electron chi connectivity index (χ0n) is 16.5. The number of ether oxygens (including phenoxy) is 1. The largest absolute Gasteiger partial charge is 0.463 e. The van der Waals surface area contributed by atoms with E-state index in [1.807, 2.05) is 25.1 Å². The van der Waals surface area contributed by atoms with E-state index in [1.54, 1.807) is 6.92 Å². The SMILES string of the molecule is CCOC(=O)C1=C(CN[C@@H](C)c2cccc3ccccc23)NC(=O)N[C@H]1CC. The average Bonchev–Trinajstić information content (AvgIpc) is 2.71. The van der Waals surface area contributed by atoms with Crippen LogP contribution in [0.25, 0.3) is 10.8 Å². The summed E-state index contributed by atoms with van der Waals surface area (Å²) in [5, 5.41) is 11.4. The molecule has 2 aromatic carbocycles. The fraction of sp³-hybridized carbons (Fsp3) is 0.364. The predicted octanol–water partition coefficient (Wildman–Crippen LogP) is 3.40. The van der Waals surface area contributed by atoms with Crippen LogP contribution in [0, 0.1) is 0 Å². The second-order valence-corrected chi connectivity index (χ2v) is 6.84. The van der Waals surface area contributed by atoms with Gasteiger partial charge in [-0.1, -0.05) is 49.4 Å². The summed E-state index contributed by atoms with van der Waals surface area (Å²) in [4.78, 5) is 24.5. The molecule has 0 aromatic heterocycles. The first-order valence-corrected chi connectivity index (χ1v) is 9.73. The van der Waals surface area contributed by atoms with Crippen LogP contribution < -0.4 is 16.0 Å². The van der Waals surface area contributed by atoms with Crippen molar-refractivity contribution in [1.29, 1.82) is 0 Å². The van der Waals surface area contributed by atoms with Crippen LogP contribution in [0.1, 0.15) is 38.8 Å². The zero-order valence-corrected chi connectivity index (χ0v) is 16.5. The molecule has 6 nitrogen and oxygen atoms in total. The second kappa shape index (κ2) is 8.89. The number of hydrogen-bond acceptors (Lipinski definition) is 4. The van der Waals surface area contributed by atoms with Crippen molar-refractivity contribution in [2.24, 2.45) is 0 Å². The summed E-state index contributed by atoms with van der Waals surface area (Å²) < 4.78 is 5.21. The van der Waals surface area contributed by atoms with E-state index in [2.05, 4.69) is 47.1 Å². The number of benzene rings is 2. The molecule has 3 N–H and O–H groups in total. The van der Waals surface area contributed by atoms with Gasteiger partial charge in [0, 0.05) is 18.3 Å². The van der Waals surface area contributed by atoms with Gasteiger partial charge in [-0.15, -0.1) is 0 Å². The van der Waals surface area contributed by atoms with Crippen molar-refractivity contribution >= 4 is 22.8 Å². The van der Waals surface area contributed by atoms with E-state index in [0.717, 1.165) is 0 Å². The third-order valence-electron chi connectivity index (χ3n) is 5.02. The number of fused-ring (bicyclic) bond motifs is 1. The highest BCUT2D eigenvalue weighted by atomic mass is 16.5. The Balaban J connectivity index is 1.85. The molecule has 1 aliphatic heterocycles. The minimum Gasteiger partial charge on any atom is -0.463 e. The normalized spacial score (nSPS) is 17.8. The van der Waals surface area contributed by atoms with E-state index in [1.165, 1.54) is 16.3 Å². The van der Waals surface area contributed by atoms with E-state index in [0.29, 0.717) is 30.8 Å². The predicted molar refractivity (Wildman–Crippen MR) is 110 cm³/mol. The molecule has 0 unspecified atom stereocenters. The van der Waals surface area contributed by atoms with Crippen LogP contribution in [0.2, 0.25) is 0 Å². The van der Waals surface area contributed by atoms with Crippen molar-refractivity contribution in [3.8, 4) is 0 Å². The highest BCUT2D eigenvalue weighted by molar-refractivity contribution is 5.94. The van der Waals surface area contributed by atoms with Gasteiger partial charge in [0.25, 0.3) is 0 Å². The molecule has 0 spiro atoms. The van der Waals surface area contributed by atoms with Gasteiger partial charge in [0.15, 0.2) is 0 Å². The van der Waals surface area contributed by atoms with Crippen molar-refractivity contribution in [3.05, 3.63) is 59.3 Å². The molecule has 2 amide bonds. The monoisotopic (exact) mass is 381 g/mol. The topological polar surface area (TPSA) is 79.5 Å². The molecule has 1 heterocycles. The van der Waals surface area contributed by atoms with Gasteiger partial charge in [-0.05, 0) is 36.6 Å². The Morgan fingerprint density at radius 3 is 2.68 bits per heavy atom. The van der Waals surface area contributed by atoms with E-state index >= 15 is 0 Å². The van der Waals surface area contributed by atoms with Crippen molar-refractivity contribution in [2.75, 3.05) is 13.2 Å². The van der Waals surface area contributed by atoms with Gasteiger partial charge in [0.1, 0.15) is 0 Å². The van der Waals surface area contributed by atoms with E-state index < -0.39 is 5.97 Å². The first-order chi connectivity index (χ1) is 13.5. The Morgan fingerprint density at radius 2 is 1.93 bits per heavy atom. The maximum atomic E-state index is 12.5. The highest BCUT2D eigenvalue weighted by Crippen LogP contribution is 2.24. The zero-order chi connectivity index (χ0) is 20.1. The number of amides is 2. The molecule has 3 rings (SSSR count). The Morgan fingerprint density at radius 1 is 1.18 bits per heavy atom. The number of carbonyl (C=O) groups is 2. The molecule has 0 fully saturated rings. The van der Waals surface area contributed by atoms with Crippen LogP contribution in [0.3, 0.4) is 0 Å². The van der Waals surface area contributed by atoms with Crippen molar-refractivity contribution in [3.63, 3.8) is 0 Å². The molecular weight excluding hydrogens is 354 g/mol. The lowest BCUT2D eigenvalue weighted by Gasteiger charge is -2.29. The molecule has 0 saturated heterocycles. The number of carbonyl (C=O) groups excluding carboxylic acids is 2. The lowest BCUT2D eigenvalue weighted by atomic mass is 9.98. The van der Waals surface area contributed by atoms with Crippen LogP contribution >= 0.6 is 0 Å². The summed E-state index contributed by atoms with van der Waals surface area (Å²) >= 11 is 0. The third kappa shape index (κ3) is 4.17. The molecule has 148 valence electrons. The highest BCUT2D eigenvalue weighted by Gasteiger charge is 2.31. The van der Waals surface area contributed by atoms with E-state index in [9.17, 15) is 9.59 Å². The molecule has 0 aliphatic carbocycles. The first-order valence-electron chi connectivity index (χ1n) is 9.73. The molecule has 28 heavy (non-hydrogen) atoms. The molecule has 0 bridgehead atoms. The van der Waals surface area contributed by atoms with Crippen LogP contribution in [-0.4, -0.2) is 31.2 Å². The average molecular weight is 381 g/mol. The van der Waals surface area contributed by atoms with Gasteiger partial charge in [-0.3, -0.25) is 0 Å². The minimum absolute atomic E-state index is 0.0360. The van der Waals surface area contributed by atoms with Gasteiger partial charge < -0.3 is 20.7 Å². The van der Waals surface area contributed by atoms with Gasteiger partial charge in [-0.25, -0.2) is 9.59 Å². The maximum Gasteiger partial charge on any atom is 0.337 e. The quantitative estimate of drug-likeness (QED) is 0.642. The lowest BCUT2D eigenvalue weighted by Crippen LogP contribution is -2.52. The Labute approximate surface area is 165 Å². The summed E-state index contributed by atoms with van der Waals surface area (Å²) in [6, 6.07) is 13.9. The van der Waals surface area contributed by atoms with Crippen LogP contribution in [0.15, 0.2) is 53.7 Å². The number of urea groups is 1. The molecule has 0 saturated carbocycles. The molecular formula is C22H27N3O3. The molecule has 2 aromatic rings. The van der Waals surface area contributed by atoms with E-state index in [-0.39, 0.29) is 18.1 Å². The maximum absolute atomic E-state index is 12.5. The number of rotatable bonds is 7.